The van der Waals surface area contributed by atoms with Crippen LogP contribution in [0.2, 0.25) is 0 Å². The van der Waals surface area contributed by atoms with Gasteiger partial charge in [0, 0.05) is 29.9 Å². The molecular weight excluding hydrogens is 222 g/mol. The minimum absolute atomic E-state index is 0.751. The molecule has 0 bridgehead atoms. The van der Waals surface area contributed by atoms with Gasteiger partial charge in [0.1, 0.15) is 0 Å². The molecule has 2 N–H and O–H groups in total. The minimum Gasteiger partial charge on any atom is -0.398 e. The van der Waals surface area contributed by atoms with E-state index in [1.54, 1.807) is 0 Å². The molecule has 0 saturated heterocycles. The van der Waals surface area contributed by atoms with Crippen molar-refractivity contribution in [2.45, 2.75) is 31.8 Å². The lowest BCUT2D eigenvalue weighted by Gasteiger charge is -2.34. The normalized spacial score (nSPS) is 16.1. The molecule has 94 valence electrons. The zero-order valence-corrected chi connectivity index (χ0v) is 10.8. The van der Waals surface area contributed by atoms with Gasteiger partial charge in [-0.25, -0.2) is 0 Å². The van der Waals surface area contributed by atoms with Crippen LogP contribution >= 0.6 is 0 Å². The zero-order chi connectivity index (χ0) is 12.5. The average Bonchev–Trinajstić information content (AvgIpc) is 2.31. The second-order valence-electron chi connectivity index (χ2n) is 5.21. The fraction of sp³-hybridized carbons (Fsp3) is 0.400. The van der Waals surface area contributed by atoms with Gasteiger partial charge in [0.2, 0.25) is 0 Å². The van der Waals surface area contributed by atoms with Crippen LogP contribution in [0.1, 0.15) is 24.8 Å². The van der Waals surface area contributed by atoms with Crippen LogP contribution in [0.4, 0.5) is 5.69 Å². The molecule has 3 rings (SSSR count). The Morgan fingerprint density at radius 2 is 2.17 bits per heavy atom. The fourth-order valence-corrected chi connectivity index (χ4v) is 2.61. The third-order valence-corrected chi connectivity index (χ3v) is 4.00. The summed E-state index contributed by atoms with van der Waals surface area (Å²) in [6.45, 7) is 0.957. The first-order valence-corrected chi connectivity index (χ1v) is 6.58. The van der Waals surface area contributed by atoms with E-state index in [-0.39, 0.29) is 0 Å². The summed E-state index contributed by atoms with van der Waals surface area (Å²) in [7, 11) is 2.20. The average molecular weight is 241 g/mol. The first-order chi connectivity index (χ1) is 8.75. The molecular formula is C15H19N3. The van der Waals surface area contributed by atoms with Crippen molar-refractivity contribution in [1.29, 1.82) is 0 Å². The fourth-order valence-electron chi connectivity index (χ4n) is 2.61. The lowest BCUT2D eigenvalue weighted by molar-refractivity contribution is 0.153. The highest BCUT2D eigenvalue weighted by molar-refractivity contribution is 5.92. The van der Waals surface area contributed by atoms with E-state index in [9.17, 15) is 0 Å². The SMILES string of the molecule is CN(Cc1ccc(N)c2cccnc12)C1CCC1. The minimum atomic E-state index is 0.751. The number of hydrogen-bond donors (Lipinski definition) is 1. The molecule has 2 aromatic rings. The van der Waals surface area contributed by atoms with E-state index in [2.05, 4.69) is 23.0 Å². The summed E-state index contributed by atoms with van der Waals surface area (Å²) in [4.78, 5) is 6.93. The van der Waals surface area contributed by atoms with Gasteiger partial charge in [0.15, 0.2) is 0 Å². The van der Waals surface area contributed by atoms with Crippen molar-refractivity contribution in [3.05, 3.63) is 36.0 Å². The van der Waals surface area contributed by atoms with Crippen LogP contribution in [0, 0.1) is 0 Å². The largest absolute Gasteiger partial charge is 0.398 e. The molecule has 1 fully saturated rings. The highest BCUT2D eigenvalue weighted by Gasteiger charge is 2.22. The highest BCUT2D eigenvalue weighted by atomic mass is 15.1. The van der Waals surface area contributed by atoms with Gasteiger partial charge in [-0.05, 0) is 43.7 Å². The molecule has 0 atom stereocenters. The van der Waals surface area contributed by atoms with E-state index in [1.165, 1.54) is 24.8 Å². The van der Waals surface area contributed by atoms with Crippen LogP contribution in [0.3, 0.4) is 0 Å². The van der Waals surface area contributed by atoms with Crippen molar-refractivity contribution in [2.24, 2.45) is 0 Å². The first-order valence-electron chi connectivity index (χ1n) is 6.58. The van der Waals surface area contributed by atoms with E-state index in [0.29, 0.717) is 0 Å². The number of aromatic nitrogens is 1. The summed E-state index contributed by atoms with van der Waals surface area (Å²) >= 11 is 0. The highest BCUT2D eigenvalue weighted by Crippen LogP contribution is 2.27. The van der Waals surface area contributed by atoms with Gasteiger partial charge in [-0.1, -0.05) is 12.5 Å². The Morgan fingerprint density at radius 1 is 1.33 bits per heavy atom. The predicted molar refractivity (Wildman–Crippen MR) is 75.3 cm³/mol. The number of benzene rings is 1. The van der Waals surface area contributed by atoms with E-state index in [0.717, 1.165) is 29.2 Å². The van der Waals surface area contributed by atoms with Crippen LogP contribution in [0.25, 0.3) is 10.9 Å². The van der Waals surface area contributed by atoms with Crippen LogP contribution in [0.5, 0.6) is 0 Å². The number of pyridine rings is 1. The number of hydrogen-bond acceptors (Lipinski definition) is 3. The Balaban J connectivity index is 1.94. The molecule has 3 heteroatoms. The van der Waals surface area contributed by atoms with Crippen LogP contribution in [0.15, 0.2) is 30.5 Å². The number of fused-ring (bicyclic) bond motifs is 1. The summed E-state index contributed by atoms with van der Waals surface area (Å²) < 4.78 is 0. The maximum absolute atomic E-state index is 6.00. The molecule has 18 heavy (non-hydrogen) atoms. The molecule has 1 aliphatic rings. The molecule has 0 amide bonds. The summed E-state index contributed by atoms with van der Waals surface area (Å²) in [5.74, 6) is 0. The second kappa shape index (κ2) is 4.58. The molecule has 1 aromatic carbocycles. The van der Waals surface area contributed by atoms with Gasteiger partial charge in [0.25, 0.3) is 0 Å². The quantitative estimate of drug-likeness (QED) is 0.840. The van der Waals surface area contributed by atoms with Crippen molar-refractivity contribution in [2.75, 3.05) is 12.8 Å². The summed E-state index contributed by atoms with van der Waals surface area (Å²) in [6.07, 6.45) is 5.87. The van der Waals surface area contributed by atoms with E-state index < -0.39 is 0 Å². The van der Waals surface area contributed by atoms with Crippen molar-refractivity contribution in [3.8, 4) is 0 Å². The molecule has 0 unspecified atom stereocenters. The van der Waals surface area contributed by atoms with E-state index in [1.807, 2.05) is 24.4 Å². The van der Waals surface area contributed by atoms with Crippen LogP contribution in [-0.2, 0) is 6.54 Å². The number of nitrogen functional groups attached to an aromatic ring is 1. The monoisotopic (exact) mass is 241 g/mol. The summed E-state index contributed by atoms with van der Waals surface area (Å²) in [5.41, 5.74) is 9.13. The van der Waals surface area contributed by atoms with E-state index in [4.69, 9.17) is 5.73 Å². The lowest BCUT2D eigenvalue weighted by atomic mass is 9.91. The van der Waals surface area contributed by atoms with Crippen molar-refractivity contribution in [3.63, 3.8) is 0 Å². The first kappa shape index (κ1) is 11.5. The Labute approximate surface area is 108 Å². The topological polar surface area (TPSA) is 42.1 Å². The molecule has 1 aliphatic carbocycles. The van der Waals surface area contributed by atoms with Gasteiger partial charge in [-0.15, -0.1) is 0 Å². The Kier molecular flexibility index (Phi) is 2.92. The number of anilines is 1. The summed E-state index contributed by atoms with van der Waals surface area (Å²) in [6, 6.07) is 8.84. The van der Waals surface area contributed by atoms with Crippen molar-refractivity contribution >= 4 is 16.6 Å². The van der Waals surface area contributed by atoms with E-state index >= 15 is 0 Å². The van der Waals surface area contributed by atoms with Crippen molar-refractivity contribution < 1.29 is 0 Å². The molecule has 0 radical (unpaired) electrons. The standard InChI is InChI=1S/C15H19N3/c1-18(12-4-2-5-12)10-11-7-8-14(16)13-6-3-9-17-15(11)13/h3,6-9,12H,2,4-5,10,16H2,1H3. The molecule has 3 nitrogen and oxygen atoms in total. The number of nitrogens with two attached hydrogens (primary N) is 1. The van der Waals surface area contributed by atoms with Crippen LogP contribution in [-0.4, -0.2) is 23.0 Å². The smallest absolute Gasteiger partial charge is 0.0767 e. The van der Waals surface area contributed by atoms with Gasteiger partial charge in [-0.3, -0.25) is 9.88 Å². The maximum Gasteiger partial charge on any atom is 0.0767 e. The number of nitrogens with zero attached hydrogens (tertiary/aromatic N) is 2. The van der Waals surface area contributed by atoms with Gasteiger partial charge < -0.3 is 5.73 Å². The van der Waals surface area contributed by atoms with Gasteiger partial charge >= 0.3 is 0 Å². The third-order valence-electron chi connectivity index (χ3n) is 4.00. The maximum atomic E-state index is 6.00. The Bertz CT molecular complexity index is 561. The number of rotatable bonds is 3. The molecule has 1 saturated carbocycles. The Hall–Kier alpha value is -1.61. The molecule has 1 heterocycles. The van der Waals surface area contributed by atoms with Gasteiger partial charge in [0.05, 0.1) is 5.52 Å². The molecule has 0 aliphatic heterocycles. The van der Waals surface area contributed by atoms with Crippen molar-refractivity contribution in [1.82, 2.24) is 9.88 Å². The second-order valence-corrected chi connectivity index (χ2v) is 5.21. The summed E-state index contributed by atoms with van der Waals surface area (Å²) in [5, 5.41) is 1.07. The zero-order valence-electron chi connectivity index (χ0n) is 10.8. The lowest BCUT2D eigenvalue weighted by Crippen LogP contribution is -2.36. The van der Waals surface area contributed by atoms with Crippen LogP contribution < -0.4 is 5.73 Å². The Morgan fingerprint density at radius 3 is 2.89 bits per heavy atom. The predicted octanol–water partition coefficient (Wildman–Crippen LogP) is 2.80. The third kappa shape index (κ3) is 1.95. The molecule has 1 aromatic heterocycles. The molecule has 0 spiro atoms. The van der Waals surface area contributed by atoms with Gasteiger partial charge in [-0.2, -0.15) is 0 Å².